The minimum atomic E-state index is -0.668. The van der Waals surface area contributed by atoms with Gasteiger partial charge in [-0.05, 0) is 59.7 Å². The number of aliphatic imine (C=N–C) groups is 2. The number of nitrogens with one attached hydrogen (secondary N) is 4. The van der Waals surface area contributed by atoms with E-state index >= 15 is 0 Å². The fourth-order valence-electron chi connectivity index (χ4n) is 5.37. The molecular weight excluding hydrogens is 675 g/mol. The van der Waals surface area contributed by atoms with Crippen LogP contribution in [-0.4, -0.2) is 47.3 Å². The van der Waals surface area contributed by atoms with Crippen molar-refractivity contribution in [3.8, 4) is 0 Å². The Bertz CT molecular complexity index is 2430. The van der Waals surface area contributed by atoms with Crippen molar-refractivity contribution in [2.45, 2.75) is 13.1 Å². The first-order valence-electron chi connectivity index (χ1n) is 16.7. The zero-order valence-corrected chi connectivity index (χ0v) is 28.3. The summed E-state index contributed by atoms with van der Waals surface area (Å²) in [7, 11) is 0. The second-order valence-electron chi connectivity index (χ2n) is 11.8. The Labute approximate surface area is 302 Å². The Morgan fingerprint density at radius 2 is 1.17 bits per heavy atom. The van der Waals surface area contributed by atoms with E-state index in [0.717, 1.165) is 17.3 Å². The van der Waals surface area contributed by atoms with Crippen molar-refractivity contribution in [3.05, 3.63) is 144 Å². The lowest BCUT2D eigenvalue weighted by molar-refractivity contribution is 0.0971. The number of furan rings is 2. The highest BCUT2D eigenvalue weighted by Gasteiger charge is 2.15. The average molecular weight is 709 g/mol. The molecule has 13 heteroatoms. The summed E-state index contributed by atoms with van der Waals surface area (Å²) < 4.78 is 26.2. The van der Waals surface area contributed by atoms with E-state index in [9.17, 15) is 14.0 Å². The van der Waals surface area contributed by atoms with Gasteiger partial charge in [0.2, 0.25) is 5.95 Å². The van der Waals surface area contributed by atoms with E-state index < -0.39 is 17.6 Å². The van der Waals surface area contributed by atoms with Gasteiger partial charge in [-0.3, -0.25) is 9.59 Å². The molecule has 53 heavy (non-hydrogen) atoms. The lowest BCUT2D eigenvalue weighted by atomic mass is 10.2. The zero-order valence-electron chi connectivity index (χ0n) is 28.3. The van der Waals surface area contributed by atoms with Crippen LogP contribution in [0.4, 0.5) is 27.5 Å². The summed E-state index contributed by atoms with van der Waals surface area (Å²) in [5, 5.41) is 13.7. The van der Waals surface area contributed by atoms with Gasteiger partial charge in [-0.25, -0.2) is 19.4 Å². The first-order chi connectivity index (χ1) is 26.0. The minimum absolute atomic E-state index is 0.0670. The molecule has 0 unspecified atom stereocenters. The van der Waals surface area contributed by atoms with E-state index in [1.54, 1.807) is 48.5 Å². The summed E-state index contributed by atoms with van der Waals surface area (Å²) in [6.07, 6.45) is 4.07. The fraction of sp³-hybridized carbons (Fsp3) is 0.100. The molecule has 12 nitrogen and oxygen atoms in total. The number of halogens is 1. The predicted octanol–water partition coefficient (Wildman–Crippen LogP) is 7.60. The third kappa shape index (κ3) is 9.10. The van der Waals surface area contributed by atoms with Crippen molar-refractivity contribution in [1.82, 2.24) is 20.6 Å². The van der Waals surface area contributed by atoms with Gasteiger partial charge < -0.3 is 30.1 Å². The third-order valence-electron chi connectivity index (χ3n) is 7.95. The molecule has 0 radical (unpaired) electrons. The minimum Gasteiger partial charge on any atom is -0.451 e. The van der Waals surface area contributed by atoms with Crippen molar-refractivity contribution in [3.63, 3.8) is 0 Å². The van der Waals surface area contributed by atoms with Gasteiger partial charge in [0.25, 0.3) is 0 Å². The number of carbonyl (C=O) groups excluding carboxylic acids is 2. The molecule has 0 saturated heterocycles. The number of nitrogens with zero attached hydrogens (tertiary/aromatic N) is 4. The van der Waals surface area contributed by atoms with Gasteiger partial charge in [0.05, 0.1) is 6.20 Å². The van der Waals surface area contributed by atoms with Gasteiger partial charge in [-0.2, -0.15) is 4.98 Å². The Kier molecular flexibility index (Phi) is 10.7. The van der Waals surface area contributed by atoms with Crippen LogP contribution in [0.2, 0.25) is 0 Å². The summed E-state index contributed by atoms with van der Waals surface area (Å²) in [5.74, 6) is -1.42. The number of hydrogen-bond acceptors (Lipinski definition) is 10. The molecule has 0 atom stereocenters. The molecule has 3 aromatic heterocycles. The molecule has 264 valence electrons. The van der Waals surface area contributed by atoms with Crippen molar-refractivity contribution in [1.29, 1.82) is 0 Å². The molecule has 0 aliphatic heterocycles. The number of aromatic nitrogens is 2. The molecule has 7 rings (SSSR count). The predicted molar refractivity (Wildman–Crippen MR) is 203 cm³/mol. The number of hydrogen-bond donors (Lipinski definition) is 4. The molecule has 0 fully saturated rings. The fourth-order valence-corrected chi connectivity index (χ4v) is 5.37. The van der Waals surface area contributed by atoms with Crippen LogP contribution < -0.4 is 21.3 Å². The topological polar surface area (TPSA) is 159 Å². The molecule has 0 saturated carbocycles. The maximum Gasteiger partial charge on any atom is 0.312 e. The Morgan fingerprint density at radius 3 is 1.70 bits per heavy atom. The molecule has 3 heterocycles. The van der Waals surface area contributed by atoms with Crippen molar-refractivity contribution < 1.29 is 22.8 Å². The number of amides is 2. The average Bonchev–Trinajstić information content (AvgIpc) is 3.81. The first-order valence-corrected chi connectivity index (χ1v) is 16.7. The molecule has 4 aromatic carbocycles. The van der Waals surface area contributed by atoms with Crippen LogP contribution in [-0.2, 0) is 13.1 Å². The number of anilines is 4. The van der Waals surface area contributed by atoms with Gasteiger partial charge in [0.1, 0.15) is 11.2 Å². The largest absolute Gasteiger partial charge is 0.451 e. The number of benzene rings is 4. The number of fused-ring (bicyclic) bond motifs is 2. The normalized spacial score (nSPS) is 11.6. The monoisotopic (exact) mass is 708 g/mol. The van der Waals surface area contributed by atoms with E-state index in [4.69, 9.17) is 8.83 Å². The van der Waals surface area contributed by atoms with Gasteiger partial charge in [0, 0.05) is 60.8 Å². The van der Waals surface area contributed by atoms with Crippen LogP contribution in [0.5, 0.6) is 0 Å². The summed E-state index contributed by atoms with van der Waals surface area (Å²) in [5.41, 5.74) is 4.35. The van der Waals surface area contributed by atoms with Crippen molar-refractivity contribution in [2.75, 3.05) is 23.7 Å². The summed E-state index contributed by atoms with van der Waals surface area (Å²) >= 11 is 0. The molecule has 7 aromatic rings. The van der Waals surface area contributed by atoms with Crippen LogP contribution in [0.25, 0.3) is 21.9 Å². The first kappa shape index (κ1) is 34.6. The Balaban J connectivity index is 0.948. The quantitative estimate of drug-likeness (QED) is 0.0655. The third-order valence-corrected chi connectivity index (χ3v) is 7.95. The van der Waals surface area contributed by atoms with E-state index in [2.05, 4.69) is 41.2 Å². The molecule has 2 amide bonds. The van der Waals surface area contributed by atoms with Crippen molar-refractivity contribution >= 4 is 69.3 Å². The molecule has 0 aliphatic rings. The molecule has 0 aliphatic carbocycles. The molecule has 4 N–H and O–H groups in total. The van der Waals surface area contributed by atoms with E-state index in [0.29, 0.717) is 59.5 Å². The SMILES string of the molecule is O=C(N=CCNCc1ccccc1)c1cc2cc(Nc3ncc(F)c(Nc4ccc5oc(C(=O)N=CCNCc6ccccc6)cc5c4)n3)ccc2o1. The second kappa shape index (κ2) is 16.5. The van der Waals surface area contributed by atoms with Crippen LogP contribution in [0.1, 0.15) is 32.2 Å². The van der Waals surface area contributed by atoms with Crippen LogP contribution >= 0.6 is 0 Å². The number of carbonyl (C=O) groups is 2. The van der Waals surface area contributed by atoms with Crippen molar-refractivity contribution in [2.24, 2.45) is 9.98 Å². The van der Waals surface area contributed by atoms with Crippen LogP contribution in [0.15, 0.2) is 134 Å². The molecule has 0 spiro atoms. The summed E-state index contributed by atoms with van der Waals surface area (Å²) in [4.78, 5) is 41.6. The lowest BCUT2D eigenvalue weighted by Crippen LogP contribution is -2.16. The zero-order chi connectivity index (χ0) is 36.4. The van der Waals surface area contributed by atoms with Crippen LogP contribution in [0, 0.1) is 5.82 Å². The molecule has 0 bridgehead atoms. The lowest BCUT2D eigenvalue weighted by Gasteiger charge is -2.09. The molecular formula is C40H33FN8O4. The highest BCUT2D eigenvalue weighted by molar-refractivity contribution is 6.01. The second-order valence-corrected chi connectivity index (χ2v) is 11.8. The number of rotatable bonds is 14. The van der Waals surface area contributed by atoms with Gasteiger partial charge in [0.15, 0.2) is 23.2 Å². The highest BCUT2D eigenvalue weighted by Crippen LogP contribution is 2.28. The standard InChI is InChI=1S/C40H33FN8O4/c41-32-25-46-40(48-31-12-14-34-29(20-31)22-36(53-34)39(51)45-18-16-43-24-27-9-5-2-6-10-27)49-37(32)47-30-11-13-33-28(19-30)21-35(52-33)38(50)44-17-15-42-23-26-7-3-1-4-8-26/h1-14,17-22,25,42-43H,15-16,23-24H2,(H2,46,47,48,49). The highest BCUT2D eigenvalue weighted by atomic mass is 19.1. The Morgan fingerprint density at radius 1 is 0.660 bits per heavy atom. The van der Waals surface area contributed by atoms with Gasteiger partial charge in [-0.15, -0.1) is 0 Å². The smallest absolute Gasteiger partial charge is 0.312 e. The summed E-state index contributed by atoms with van der Waals surface area (Å²) in [6, 6.07) is 33.3. The van der Waals surface area contributed by atoms with E-state index in [-0.39, 0.29) is 23.3 Å². The Hall–Kier alpha value is -6.83. The van der Waals surface area contributed by atoms with Gasteiger partial charge in [-0.1, -0.05) is 60.7 Å². The summed E-state index contributed by atoms with van der Waals surface area (Å²) in [6.45, 7) is 2.16. The van der Waals surface area contributed by atoms with Crippen LogP contribution in [0.3, 0.4) is 0 Å². The van der Waals surface area contributed by atoms with Gasteiger partial charge >= 0.3 is 11.8 Å². The van der Waals surface area contributed by atoms with E-state index in [1.165, 1.54) is 12.4 Å². The maximum absolute atomic E-state index is 14.8. The maximum atomic E-state index is 14.8. The van der Waals surface area contributed by atoms with E-state index in [1.807, 2.05) is 60.7 Å².